The number of rotatable bonds is 7. The van der Waals surface area contributed by atoms with E-state index in [4.69, 9.17) is 10.5 Å². The summed E-state index contributed by atoms with van der Waals surface area (Å²) in [5.74, 6) is 1.55. The van der Waals surface area contributed by atoms with Crippen molar-refractivity contribution < 1.29 is 9.53 Å². The van der Waals surface area contributed by atoms with Gasteiger partial charge in [-0.15, -0.1) is 0 Å². The molecule has 0 aliphatic heterocycles. The summed E-state index contributed by atoms with van der Waals surface area (Å²) in [5.41, 5.74) is 11.4. The highest BCUT2D eigenvalue weighted by molar-refractivity contribution is 6.01. The first kappa shape index (κ1) is 20.1. The van der Waals surface area contributed by atoms with Gasteiger partial charge in [0.25, 0.3) is 0 Å². The summed E-state index contributed by atoms with van der Waals surface area (Å²) in [4.78, 5) is 12.0. The molecule has 4 N–H and O–H groups in total. The third kappa shape index (κ3) is 4.22. The molecule has 1 aromatic heterocycles. The number of nitrogens with zero attached hydrogens (tertiary/aromatic N) is 1. The summed E-state index contributed by atoms with van der Waals surface area (Å²) in [6, 6.07) is 13.9. The minimum atomic E-state index is -0.205. The molecule has 1 heterocycles. The summed E-state index contributed by atoms with van der Waals surface area (Å²) in [5, 5.41) is 6.72. The smallest absolute Gasteiger partial charge is 0.319 e. The maximum atomic E-state index is 12.0. The van der Waals surface area contributed by atoms with Crippen LogP contribution in [-0.2, 0) is 6.54 Å². The van der Waals surface area contributed by atoms with Crippen molar-refractivity contribution in [2.24, 2.45) is 5.92 Å². The molecule has 1 aliphatic carbocycles. The first-order valence-electron chi connectivity index (χ1n) is 10.7. The molecule has 2 aromatic carbocycles. The molecule has 4 rings (SSSR count). The third-order valence-corrected chi connectivity index (χ3v) is 5.36. The topological polar surface area (TPSA) is 81.3 Å². The molecule has 30 heavy (non-hydrogen) atoms. The van der Waals surface area contributed by atoms with Crippen molar-refractivity contribution in [3.05, 3.63) is 42.5 Å². The van der Waals surface area contributed by atoms with Gasteiger partial charge in [0, 0.05) is 29.2 Å². The maximum Gasteiger partial charge on any atom is 0.319 e. The van der Waals surface area contributed by atoms with Gasteiger partial charge >= 0.3 is 6.03 Å². The zero-order valence-electron chi connectivity index (χ0n) is 17.9. The second-order valence-electron chi connectivity index (χ2n) is 8.26. The van der Waals surface area contributed by atoms with Gasteiger partial charge in [0.15, 0.2) is 0 Å². The second-order valence-corrected chi connectivity index (χ2v) is 8.26. The Labute approximate surface area is 177 Å². The van der Waals surface area contributed by atoms with Gasteiger partial charge in [0.2, 0.25) is 0 Å². The first-order chi connectivity index (χ1) is 14.5. The Morgan fingerprint density at radius 2 is 1.93 bits per heavy atom. The fraction of sp³-hybridized carbons (Fsp3) is 0.375. The van der Waals surface area contributed by atoms with Crippen LogP contribution in [0.25, 0.3) is 22.2 Å². The zero-order valence-corrected chi connectivity index (χ0v) is 17.9. The molecule has 1 fully saturated rings. The number of ether oxygens (including phenoxy) is 1. The normalized spacial score (nSPS) is 13.6. The highest BCUT2D eigenvalue weighted by Gasteiger charge is 2.26. The number of amides is 2. The number of aromatic nitrogens is 1. The van der Waals surface area contributed by atoms with E-state index in [9.17, 15) is 4.79 Å². The quantitative estimate of drug-likeness (QED) is 0.502. The fourth-order valence-corrected chi connectivity index (χ4v) is 3.82. The monoisotopic (exact) mass is 406 g/mol. The van der Waals surface area contributed by atoms with Gasteiger partial charge < -0.3 is 25.7 Å². The van der Waals surface area contributed by atoms with Crippen LogP contribution in [0.3, 0.4) is 0 Å². The Bertz CT molecular complexity index is 1050. The highest BCUT2D eigenvalue weighted by atomic mass is 16.5. The van der Waals surface area contributed by atoms with E-state index in [1.807, 2.05) is 57.2 Å². The molecule has 158 valence electrons. The van der Waals surface area contributed by atoms with Gasteiger partial charge in [-0.1, -0.05) is 12.1 Å². The van der Waals surface area contributed by atoms with E-state index < -0.39 is 0 Å². The Kier molecular flexibility index (Phi) is 5.57. The highest BCUT2D eigenvalue weighted by Crippen LogP contribution is 2.41. The molecule has 3 aromatic rings. The molecule has 0 atom stereocenters. The van der Waals surface area contributed by atoms with Gasteiger partial charge in [-0.25, -0.2) is 4.79 Å². The zero-order chi connectivity index (χ0) is 21.3. The molecule has 1 aliphatic rings. The number of nitrogens with one attached hydrogen (secondary N) is 2. The number of fused-ring (bicyclic) bond motifs is 1. The van der Waals surface area contributed by atoms with E-state index in [-0.39, 0.29) is 12.1 Å². The summed E-state index contributed by atoms with van der Waals surface area (Å²) in [6.07, 6.45) is 2.54. The lowest BCUT2D eigenvalue weighted by Crippen LogP contribution is -2.34. The van der Waals surface area contributed by atoms with E-state index in [1.165, 1.54) is 12.8 Å². The van der Waals surface area contributed by atoms with Crippen molar-refractivity contribution in [3.63, 3.8) is 0 Å². The van der Waals surface area contributed by atoms with Gasteiger partial charge in [-0.2, -0.15) is 0 Å². The molecule has 2 amide bonds. The summed E-state index contributed by atoms with van der Waals surface area (Å²) < 4.78 is 8.03. The summed E-state index contributed by atoms with van der Waals surface area (Å²) >= 11 is 0. The largest absolute Gasteiger partial charge is 0.494 e. The van der Waals surface area contributed by atoms with E-state index >= 15 is 0 Å². The lowest BCUT2D eigenvalue weighted by Gasteiger charge is -2.13. The summed E-state index contributed by atoms with van der Waals surface area (Å²) in [7, 11) is 0. The number of nitrogens with two attached hydrogens (primary N) is 1. The van der Waals surface area contributed by atoms with E-state index in [1.54, 1.807) is 0 Å². The van der Waals surface area contributed by atoms with Crippen molar-refractivity contribution in [1.82, 2.24) is 9.88 Å². The Morgan fingerprint density at radius 1 is 1.20 bits per heavy atom. The van der Waals surface area contributed by atoms with Crippen LogP contribution >= 0.6 is 0 Å². The number of hydrogen-bond donors (Lipinski definition) is 3. The lowest BCUT2D eigenvalue weighted by atomic mass is 10.1. The number of nitrogen functional groups attached to an aromatic ring is 1. The number of carbonyl (C=O) groups is 1. The van der Waals surface area contributed by atoms with Crippen LogP contribution in [0.5, 0.6) is 5.75 Å². The van der Waals surface area contributed by atoms with Crippen molar-refractivity contribution in [2.75, 3.05) is 17.7 Å². The van der Waals surface area contributed by atoms with Crippen molar-refractivity contribution in [3.8, 4) is 17.0 Å². The fourth-order valence-electron chi connectivity index (χ4n) is 3.82. The molecule has 0 spiro atoms. The number of carbonyl (C=O) groups excluding carboxylic acids is 1. The van der Waals surface area contributed by atoms with Crippen LogP contribution in [0.1, 0.15) is 33.6 Å². The van der Waals surface area contributed by atoms with Crippen molar-refractivity contribution >= 4 is 28.3 Å². The standard InChI is InChI=1S/C24H30N4O2/c1-4-30-19-11-12-21-20(13-19)22(25)23(28(21)14-16-5-6-16)17-7-9-18(10-8-17)27-24(29)26-15(2)3/h7-13,15-16H,4-6,14,25H2,1-3H3,(H2,26,27,29). The molecule has 0 bridgehead atoms. The number of hydrogen-bond acceptors (Lipinski definition) is 3. The van der Waals surface area contributed by atoms with E-state index in [0.29, 0.717) is 12.5 Å². The Hall–Kier alpha value is -3.15. The number of benzene rings is 2. The van der Waals surface area contributed by atoms with Crippen LogP contribution in [0.15, 0.2) is 42.5 Å². The molecule has 6 nitrogen and oxygen atoms in total. The van der Waals surface area contributed by atoms with Crippen LogP contribution in [0, 0.1) is 5.92 Å². The van der Waals surface area contributed by atoms with Gasteiger partial charge in [-0.3, -0.25) is 0 Å². The average molecular weight is 407 g/mol. The maximum absolute atomic E-state index is 12.0. The second kappa shape index (κ2) is 8.30. The van der Waals surface area contributed by atoms with Gasteiger partial charge in [-0.05, 0) is 69.9 Å². The van der Waals surface area contributed by atoms with Crippen molar-refractivity contribution in [2.45, 2.75) is 46.2 Å². The van der Waals surface area contributed by atoms with Crippen molar-refractivity contribution in [1.29, 1.82) is 0 Å². The minimum Gasteiger partial charge on any atom is -0.494 e. The minimum absolute atomic E-state index is 0.0868. The van der Waals surface area contributed by atoms with Gasteiger partial charge in [0.1, 0.15) is 5.75 Å². The van der Waals surface area contributed by atoms with E-state index in [2.05, 4.69) is 21.3 Å². The van der Waals surface area contributed by atoms with Crippen LogP contribution in [0.4, 0.5) is 16.2 Å². The predicted octanol–water partition coefficient (Wildman–Crippen LogP) is 5.23. The van der Waals surface area contributed by atoms with Crippen LogP contribution < -0.4 is 21.1 Å². The number of anilines is 2. The molecular formula is C24H30N4O2. The molecule has 1 saturated carbocycles. The van der Waals surface area contributed by atoms with Crippen LogP contribution in [0.2, 0.25) is 0 Å². The molecule has 6 heteroatoms. The third-order valence-electron chi connectivity index (χ3n) is 5.36. The van der Waals surface area contributed by atoms with Crippen LogP contribution in [-0.4, -0.2) is 23.2 Å². The molecule has 0 saturated heterocycles. The molecular weight excluding hydrogens is 376 g/mol. The Morgan fingerprint density at radius 3 is 2.57 bits per heavy atom. The SMILES string of the molecule is CCOc1ccc2c(c1)c(N)c(-c1ccc(NC(=O)NC(C)C)cc1)n2CC1CC1. The average Bonchev–Trinajstić information content (AvgIpc) is 3.48. The lowest BCUT2D eigenvalue weighted by molar-refractivity contribution is 0.250. The van der Waals surface area contributed by atoms with E-state index in [0.717, 1.165) is 45.8 Å². The molecule has 0 radical (unpaired) electrons. The Balaban J connectivity index is 1.70. The predicted molar refractivity (Wildman–Crippen MR) is 123 cm³/mol. The first-order valence-corrected chi connectivity index (χ1v) is 10.7. The van der Waals surface area contributed by atoms with Gasteiger partial charge in [0.05, 0.1) is 23.5 Å². The summed E-state index contributed by atoms with van der Waals surface area (Å²) in [6.45, 7) is 7.43. The number of urea groups is 1. The molecule has 0 unspecified atom stereocenters.